The first-order chi connectivity index (χ1) is 11.2. The van der Waals surface area contributed by atoms with Gasteiger partial charge in [0.15, 0.2) is 0 Å². The van der Waals surface area contributed by atoms with Crippen molar-refractivity contribution in [3.05, 3.63) is 36.2 Å². The second-order valence-electron chi connectivity index (χ2n) is 5.91. The Hall–Kier alpha value is -2.21. The number of hydrogen-bond acceptors (Lipinski definition) is 5. The molecule has 3 rings (SSSR count). The predicted molar refractivity (Wildman–Crippen MR) is 90.2 cm³/mol. The van der Waals surface area contributed by atoms with Gasteiger partial charge in [0.25, 0.3) is 0 Å². The minimum Gasteiger partial charge on any atom is -0.497 e. The average Bonchev–Trinajstić information content (AvgIpc) is 3.21. The molecular formula is C17H24N4O2. The van der Waals surface area contributed by atoms with Crippen LogP contribution in [0.5, 0.6) is 11.5 Å². The summed E-state index contributed by atoms with van der Waals surface area (Å²) in [5.41, 5.74) is 2.36. The summed E-state index contributed by atoms with van der Waals surface area (Å²) in [7, 11) is 5.30. The summed E-state index contributed by atoms with van der Waals surface area (Å²) in [6.45, 7) is 2.87. The largest absolute Gasteiger partial charge is 0.497 e. The number of benzene rings is 1. The van der Waals surface area contributed by atoms with Gasteiger partial charge in [-0.25, -0.2) is 0 Å². The molecule has 1 atom stereocenters. The quantitative estimate of drug-likeness (QED) is 0.881. The van der Waals surface area contributed by atoms with E-state index in [1.54, 1.807) is 14.2 Å². The molecule has 1 aromatic heterocycles. The van der Waals surface area contributed by atoms with Gasteiger partial charge in [-0.1, -0.05) is 0 Å². The Kier molecular flexibility index (Phi) is 4.71. The summed E-state index contributed by atoms with van der Waals surface area (Å²) < 4.78 is 12.6. The molecule has 0 aliphatic carbocycles. The van der Waals surface area contributed by atoms with Gasteiger partial charge in [0, 0.05) is 68.4 Å². The first-order valence-corrected chi connectivity index (χ1v) is 7.87. The molecule has 0 saturated carbocycles. The van der Waals surface area contributed by atoms with Crippen molar-refractivity contribution in [3.8, 4) is 11.5 Å². The van der Waals surface area contributed by atoms with E-state index in [0.29, 0.717) is 6.04 Å². The van der Waals surface area contributed by atoms with E-state index in [-0.39, 0.29) is 0 Å². The van der Waals surface area contributed by atoms with Crippen LogP contribution in [-0.2, 0) is 13.6 Å². The molecule has 0 unspecified atom stereocenters. The summed E-state index contributed by atoms with van der Waals surface area (Å²) in [6.07, 6.45) is 5.08. The van der Waals surface area contributed by atoms with E-state index in [1.165, 1.54) is 5.56 Å². The average molecular weight is 316 g/mol. The fourth-order valence-electron chi connectivity index (χ4n) is 2.96. The zero-order chi connectivity index (χ0) is 16.2. The number of nitrogens with zero attached hydrogens (tertiary/aromatic N) is 3. The van der Waals surface area contributed by atoms with Crippen LogP contribution in [0.2, 0.25) is 0 Å². The van der Waals surface area contributed by atoms with Crippen molar-refractivity contribution in [2.75, 3.05) is 32.2 Å². The van der Waals surface area contributed by atoms with Crippen LogP contribution in [0.4, 0.5) is 5.69 Å². The van der Waals surface area contributed by atoms with Crippen molar-refractivity contribution in [1.82, 2.24) is 15.1 Å². The van der Waals surface area contributed by atoms with Crippen LogP contribution in [0.3, 0.4) is 0 Å². The second kappa shape index (κ2) is 6.91. The number of aryl methyl sites for hydroxylation is 1. The van der Waals surface area contributed by atoms with Crippen LogP contribution in [0.15, 0.2) is 30.6 Å². The summed E-state index contributed by atoms with van der Waals surface area (Å²) in [6, 6.07) is 6.50. The molecule has 1 fully saturated rings. The molecule has 2 aromatic rings. The maximum atomic E-state index is 5.36. The molecule has 23 heavy (non-hydrogen) atoms. The lowest BCUT2D eigenvalue weighted by atomic mass is 10.2. The van der Waals surface area contributed by atoms with Crippen LogP contribution >= 0.6 is 0 Å². The van der Waals surface area contributed by atoms with E-state index < -0.39 is 0 Å². The summed E-state index contributed by atoms with van der Waals surface area (Å²) in [5.74, 6) is 1.65. The lowest BCUT2D eigenvalue weighted by molar-refractivity contribution is 0.394. The molecule has 124 valence electrons. The van der Waals surface area contributed by atoms with E-state index in [2.05, 4.69) is 27.4 Å². The zero-order valence-electron chi connectivity index (χ0n) is 14.0. The van der Waals surface area contributed by atoms with Gasteiger partial charge in [0.1, 0.15) is 11.5 Å². The minimum absolute atomic E-state index is 0.479. The number of ether oxygens (including phenoxy) is 2. The van der Waals surface area contributed by atoms with Crippen molar-refractivity contribution in [2.24, 2.45) is 7.05 Å². The second-order valence-corrected chi connectivity index (χ2v) is 5.91. The number of hydrogen-bond donors (Lipinski definition) is 1. The number of nitrogens with one attached hydrogen (secondary N) is 1. The summed E-state index contributed by atoms with van der Waals surface area (Å²) >= 11 is 0. The highest BCUT2D eigenvalue weighted by molar-refractivity contribution is 5.56. The van der Waals surface area contributed by atoms with Gasteiger partial charge in [-0.15, -0.1) is 0 Å². The molecule has 0 radical (unpaired) electrons. The fourth-order valence-corrected chi connectivity index (χ4v) is 2.96. The van der Waals surface area contributed by atoms with E-state index >= 15 is 0 Å². The molecule has 0 bridgehead atoms. The molecule has 1 aromatic carbocycles. The fraction of sp³-hybridized carbons (Fsp3) is 0.471. The summed E-state index contributed by atoms with van der Waals surface area (Å²) in [5, 5.41) is 7.81. The molecule has 1 aliphatic rings. The van der Waals surface area contributed by atoms with Crippen LogP contribution in [0, 0.1) is 0 Å². The zero-order valence-corrected chi connectivity index (χ0v) is 14.0. The molecule has 1 saturated heterocycles. The van der Waals surface area contributed by atoms with E-state index in [9.17, 15) is 0 Å². The molecular weight excluding hydrogens is 292 g/mol. The van der Waals surface area contributed by atoms with E-state index in [0.717, 1.165) is 43.2 Å². The Morgan fingerprint density at radius 1 is 1.22 bits per heavy atom. The van der Waals surface area contributed by atoms with E-state index in [4.69, 9.17) is 9.47 Å². The van der Waals surface area contributed by atoms with Crippen LogP contribution in [0.25, 0.3) is 0 Å². The monoisotopic (exact) mass is 316 g/mol. The van der Waals surface area contributed by atoms with Crippen molar-refractivity contribution < 1.29 is 9.47 Å². The predicted octanol–water partition coefficient (Wildman–Crippen LogP) is 1.81. The first-order valence-electron chi connectivity index (χ1n) is 7.87. The number of rotatable bonds is 6. The van der Waals surface area contributed by atoms with Crippen LogP contribution in [0.1, 0.15) is 12.0 Å². The highest BCUT2D eigenvalue weighted by atomic mass is 16.5. The molecule has 0 amide bonds. The third-order valence-electron chi connectivity index (χ3n) is 4.24. The molecule has 6 nitrogen and oxygen atoms in total. The third kappa shape index (κ3) is 3.76. The first kappa shape index (κ1) is 15.7. The van der Waals surface area contributed by atoms with Gasteiger partial charge in [-0.2, -0.15) is 5.10 Å². The topological polar surface area (TPSA) is 51.6 Å². The molecule has 0 spiro atoms. The highest BCUT2D eigenvalue weighted by Gasteiger charge is 2.23. The van der Waals surface area contributed by atoms with Crippen molar-refractivity contribution in [1.29, 1.82) is 0 Å². The smallest absolute Gasteiger partial charge is 0.124 e. The van der Waals surface area contributed by atoms with Crippen molar-refractivity contribution in [3.63, 3.8) is 0 Å². The number of methoxy groups -OCH3 is 2. The maximum Gasteiger partial charge on any atom is 0.124 e. The minimum atomic E-state index is 0.479. The Morgan fingerprint density at radius 2 is 1.96 bits per heavy atom. The Bertz CT molecular complexity index is 634. The standard InChI is InChI=1S/C17H24N4O2/c1-20-11-13(10-19-20)9-18-14-4-5-21(12-14)15-6-16(22-2)8-17(7-15)23-3/h6-8,10-11,14,18H,4-5,9,12H2,1-3H3/t14-/m1/s1. The van der Waals surface area contributed by atoms with Gasteiger partial charge in [0.05, 0.1) is 20.4 Å². The van der Waals surface area contributed by atoms with Gasteiger partial charge in [-0.3, -0.25) is 4.68 Å². The van der Waals surface area contributed by atoms with Crippen molar-refractivity contribution >= 4 is 5.69 Å². The molecule has 2 heterocycles. The molecule has 6 heteroatoms. The Labute approximate surface area is 137 Å². The molecule has 1 N–H and O–H groups in total. The van der Waals surface area contributed by atoms with Gasteiger partial charge < -0.3 is 19.7 Å². The van der Waals surface area contributed by atoms with Crippen LogP contribution in [-0.4, -0.2) is 43.1 Å². The third-order valence-corrected chi connectivity index (χ3v) is 4.24. The number of aromatic nitrogens is 2. The Morgan fingerprint density at radius 3 is 2.57 bits per heavy atom. The number of anilines is 1. The normalized spacial score (nSPS) is 17.5. The van der Waals surface area contributed by atoms with E-state index in [1.807, 2.05) is 30.2 Å². The summed E-state index contributed by atoms with van der Waals surface area (Å²) in [4.78, 5) is 2.37. The van der Waals surface area contributed by atoms with Gasteiger partial charge in [0.2, 0.25) is 0 Å². The maximum absolute atomic E-state index is 5.36. The van der Waals surface area contributed by atoms with Crippen LogP contribution < -0.4 is 19.7 Å². The van der Waals surface area contributed by atoms with Gasteiger partial charge in [-0.05, 0) is 6.42 Å². The van der Waals surface area contributed by atoms with Crippen molar-refractivity contribution in [2.45, 2.75) is 19.0 Å². The lowest BCUT2D eigenvalue weighted by Crippen LogP contribution is -2.32. The highest BCUT2D eigenvalue weighted by Crippen LogP contribution is 2.30. The lowest BCUT2D eigenvalue weighted by Gasteiger charge is -2.20. The SMILES string of the molecule is COc1cc(OC)cc(N2CC[C@@H](NCc3cnn(C)c3)C2)c1. The van der Waals surface area contributed by atoms with Gasteiger partial charge >= 0.3 is 0 Å². The Balaban J connectivity index is 1.60. The molecule has 1 aliphatic heterocycles.